The number of rotatable bonds is 15. The number of fused-ring (bicyclic) bond motifs is 2. The first-order valence-electron chi connectivity index (χ1n) is 16.0. The van der Waals surface area contributed by atoms with E-state index in [2.05, 4.69) is 77.7 Å². The zero-order chi connectivity index (χ0) is 35.0. The van der Waals surface area contributed by atoms with Gasteiger partial charge in [-0.2, -0.15) is 0 Å². The number of aromatic nitrogens is 2. The molecule has 0 aliphatic carbocycles. The largest absolute Gasteiger partial charge is 0.497 e. The van der Waals surface area contributed by atoms with Gasteiger partial charge in [-0.05, 0) is 106 Å². The number of hydrogen-bond acceptors (Lipinski definition) is 12. The number of nitrogens with zero attached hydrogens (tertiary/aromatic N) is 8. The first-order chi connectivity index (χ1) is 24.3. The summed E-state index contributed by atoms with van der Waals surface area (Å²) in [6.45, 7) is 1.61. The van der Waals surface area contributed by atoms with Crippen molar-refractivity contribution in [2.75, 3.05) is 63.7 Å². The third-order valence-electron chi connectivity index (χ3n) is 7.89. The molecule has 0 atom stereocenters. The van der Waals surface area contributed by atoms with E-state index in [4.69, 9.17) is 19.7 Å². The van der Waals surface area contributed by atoms with Gasteiger partial charge >= 0.3 is 10.3 Å². The zero-order valence-corrected chi connectivity index (χ0v) is 32.2. The number of hydrogen-bond donors (Lipinski definition) is 0. The van der Waals surface area contributed by atoms with E-state index >= 15 is 0 Å². The fraction of sp³-hybridized carbons (Fsp3) is 0.278. The summed E-state index contributed by atoms with van der Waals surface area (Å²) in [5.74, 6) is 3.48. The van der Waals surface area contributed by atoms with E-state index in [0.29, 0.717) is 0 Å². The van der Waals surface area contributed by atoms with Crippen molar-refractivity contribution in [1.82, 2.24) is 0 Å². The van der Waals surface area contributed by atoms with Crippen LogP contribution in [0.2, 0.25) is 0 Å². The summed E-state index contributed by atoms with van der Waals surface area (Å²) in [7, 11) is 15.2. The highest BCUT2D eigenvalue weighted by atomic mass is 33.1. The standard InChI is InChI=1S/C36H40N8O2S4/c1-41(2)27-11-7-25(8-12-27)37-39-35-43(31-17-15-29(45-5)23-33(31)49-35)19-21-47-48-22-20-44-32-18-16-30(46-6)24-34(32)50-36(44)40-38-26-9-13-28(14-10-26)42(3)4/h7-18,23-24H,19-22H2,1-6H3/q+2. The maximum absolute atomic E-state index is 5.49. The van der Waals surface area contributed by atoms with E-state index in [1.807, 2.05) is 86.2 Å². The number of ether oxygens (including phenoxy) is 2. The Morgan fingerprint density at radius 3 is 1.32 bits per heavy atom. The second-order valence-electron chi connectivity index (χ2n) is 11.6. The maximum atomic E-state index is 5.49. The number of anilines is 2. The van der Waals surface area contributed by atoms with Crippen molar-refractivity contribution in [1.29, 1.82) is 0 Å². The van der Waals surface area contributed by atoms with E-state index in [1.54, 1.807) is 36.9 Å². The van der Waals surface area contributed by atoms with Gasteiger partial charge in [-0.1, -0.05) is 21.6 Å². The minimum Gasteiger partial charge on any atom is -0.497 e. The van der Waals surface area contributed by atoms with E-state index in [0.717, 1.165) is 89.5 Å². The van der Waals surface area contributed by atoms with E-state index in [9.17, 15) is 0 Å². The smallest absolute Gasteiger partial charge is 0.409 e. The van der Waals surface area contributed by atoms with Gasteiger partial charge < -0.3 is 19.3 Å². The van der Waals surface area contributed by atoms with Crippen LogP contribution in [0.15, 0.2) is 105 Å². The van der Waals surface area contributed by atoms with Gasteiger partial charge in [0.25, 0.3) is 0 Å². The van der Waals surface area contributed by atoms with E-state index in [-0.39, 0.29) is 0 Å². The molecule has 0 aliphatic rings. The maximum Gasteiger partial charge on any atom is 0.409 e. The topological polar surface area (TPSA) is 82.1 Å². The molecule has 50 heavy (non-hydrogen) atoms. The molecule has 2 aromatic heterocycles. The fourth-order valence-corrected chi connectivity index (χ4v) is 9.13. The Labute approximate surface area is 308 Å². The molecule has 4 aromatic carbocycles. The molecule has 0 amide bonds. The van der Waals surface area contributed by atoms with Crippen LogP contribution >= 0.6 is 44.3 Å². The second kappa shape index (κ2) is 16.6. The molecule has 6 aromatic rings. The normalized spacial score (nSPS) is 11.7. The summed E-state index contributed by atoms with van der Waals surface area (Å²) in [6.07, 6.45) is 0. The van der Waals surface area contributed by atoms with Gasteiger partial charge in [0.05, 0.1) is 33.8 Å². The second-order valence-corrected chi connectivity index (χ2v) is 16.3. The lowest BCUT2D eigenvalue weighted by atomic mass is 10.3. The minimum absolute atomic E-state index is 0.804. The molecule has 6 rings (SSSR count). The molecule has 2 heterocycles. The summed E-state index contributed by atoms with van der Waals surface area (Å²) < 4.78 is 17.7. The predicted molar refractivity (Wildman–Crippen MR) is 212 cm³/mol. The number of thiazole rings is 2. The van der Waals surface area contributed by atoms with Crippen molar-refractivity contribution in [3.8, 4) is 11.5 Å². The van der Waals surface area contributed by atoms with Crippen molar-refractivity contribution in [2.24, 2.45) is 20.5 Å². The summed E-state index contributed by atoms with van der Waals surface area (Å²) in [4.78, 5) is 4.14. The van der Waals surface area contributed by atoms with Crippen molar-refractivity contribution in [3.05, 3.63) is 84.9 Å². The summed E-state index contributed by atoms with van der Waals surface area (Å²) >= 11 is 3.25. The third-order valence-corrected chi connectivity index (χ3v) is 12.3. The van der Waals surface area contributed by atoms with Crippen LogP contribution in [0.1, 0.15) is 0 Å². The first kappa shape index (κ1) is 35.6. The summed E-state index contributed by atoms with van der Waals surface area (Å²) in [5, 5.41) is 20.3. The van der Waals surface area contributed by atoms with Crippen molar-refractivity contribution >= 4 is 97.7 Å². The van der Waals surface area contributed by atoms with Gasteiger partial charge in [0.2, 0.25) is 0 Å². The Morgan fingerprint density at radius 1 is 0.560 bits per heavy atom. The Balaban J connectivity index is 1.13. The van der Waals surface area contributed by atoms with Crippen LogP contribution in [-0.2, 0) is 13.1 Å². The van der Waals surface area contributed by atoms with Gasteiger partial charge in [-0.15, -0.1) is 0 Å². The van der Waals surface area contributed by atoms with Crippen LogP contribution < -0.4 is 28.4 Å². The SMILES string of the molecule is COc1ccc2c(c1)sc(N=Nc1ccc(N(C)C)cc1)[n+]2CCSSCC[n+]1c(N=Nc2ccc(N(C)C)cc2)sc2cc(OC)ccc21. The highest BCUT2D eigenvalue weighted by Gasteiger charge is 2.22. The highest BCUT2D eigenvalue weighted by Crippen LogP contribution is 2.33. The highest BCUT2D eigenvalue weighted by molar-refractivity contribution is 8.76. The van der Waals surface area contributed by atoms with E-state index < -0.39 is 0 Å². The van der Waals surface area contributed by atoms with Crippen LogP contribution in [0.5, 0.6) is 11.5 Å². The molecular formula is C36H40N8O2S4+2. The van der Waals surface area contributed by atoms with Gasteiger partial charge in [-0.3, -0.25) is 0 Å². The Bertz CT molecular complexity index is 1960. The van der Waals surface area contributed by atoms with Crippen LogP contribution in [0.25, 0.3) is 20.4 Å². The third kappa shape index (κ3) is 8.55. The lowest BCUT2D eigenvalue weighted by molar-refractivity contribution is -0.650. The molecule has 0 saturated heterocycles. The Morgan fingerprint density at radius 2 is 0.960 bits per heavy atom. The molecule has 14 heteroatoms. The van der Waals surface area contributed by atoms with Crippen molar-refractivity contribution < 1.29 is 18.6 Å². The van der Waals surface area contributed by atoms with Gasteiger partial charge in [0.15, 0.2) is 0 Å². The molecule has 0 fully saturated rings. The molecule has 0 spiro atoms. The minimum atomic E-state index is 0.804. The summed E-state index contributed by atoms with van der Waals surface area (Å²) in [6, 6.07) is 28.5. The average Bonchev–Trinajstić information content (AvgIpc) is 3.67. The number of aryl methyl sites for hydroxylation is 2. The van der Waals surface area contributed by atoms with Gasteiger partial charge in [0, 0.05) is 63.2 Å². The number of methoxy groups -OCH3 is 2. The lowest BCUT2D eigenvalue weighted by Crippen LogP contribution is -2.34. The monoisotopic (exact) mass is 744 g/mol. The van der Waals surface area contributed by atoms with Gasteiger partial charge in [-0.25, -0.2) is 9.13 Å². The molecule has 0 saturated carbocycles. The Kier molecular flexibility index (Phi) is 11.8. The Hall–Kier alpha value is -4.24. The molecule has 0 unspecified atom stereocenters. The van der Waals surface area contributed by atoms with Crippen molar-refractivity contribution in [2.45, 2.75) is 13.1 Å². The molecule has 0 radical (unpaired) electrons. The van der Waals surface area contributed by atoms with Crippen molar-refractivity contribution in [3.63, 3.8) is 0 Å². The molecular weight excluding hydrogens is 705 g/mol. The number of benzene rings is 4. The molecule has 0 aliphatic heterocycles. The first-order valence-corrected chi connectivity index (χ1v) is 20.1. The van der Waals surface area contributed by atoms with E-state index in [1.165, 1.54) is 0 Å². The van der Waals surface area contributed by atoms with Crippen LogP contribution in [0.3, 0.4) is 0 Å². The fourth-order valence-electron chi connectivity index (χ4n) is 5.16. The summed E-state index contributed by atoms with van der Waals surface area (Å²) in [5.41, 5.74) is 6.14. The predicted octanol–water partition coefficient (Wildman–Crippen LogP) is 9.75. The lowest BCUT2D eigenvalue weighted by Gasteiger charge is -2.11. The number of azo groups is 2. The van der Waals surface area contributed by atoms with Crippen LogP contribution in [0, 0.1) is 0 Å². The quantitative estimate of drug-likeness (QED) is 0.0451. The van der Waals surface area contributed by atoms with Gasteiger partial charge in [0.1, 0.15) is 47.0 Å². The molecule has 258 valence electrons. The zero-order valence-electron chi connectivity index (χ0n) is 28.9. The molecule has 0 bridgehead atoms. The molecule has 10 nitrogen and oxygen atoms in total. The molecule has 0 N–H and O–H groups in total. The van der Waals surface area contributed by atoms with Crippen LogP contribution in [0.4, 0.5) is 33.0 Å². The average molecular weight is 745 g/mol. The van der Waals surface area contributed by atoms with Crippen LogP contribution in [-0.4, -0.2) is 53.9 Å².